The van der Waals surface area contributed by atoms with Crippen molar-refractivity contribution in [3.8, 4) is 0 Å². The van der Waals surface area contributed by atoms with E-state index in [2.05, 4.69) is 15.3 Å². The molecule has 0 fully saturated rings. The first-order chi connectivity index (χ1) is 13.2. The molecule has 0 radical (unpaired) electrons. The number of para-hydroxylation sites is 2. The van der Waals surface area contributed by atoms with Crippen molar-refractivity contribution in [2.24, 2.45) is 0 Å². The van der Waals surface area contributed by atoms with Crippen LogP contribution < -0.4 is 5.32 Å². The number of rotatable bonds is 5. The number of nitrogens with zero attached hydrogens (tertiary/aromatic N) is 2. The lowest BCUT2D eigenvalue weighted by atomic mass is 10.1. The molecule has 0 spiro atoms. The highest BCUT2D eigenvalue weighted by molar-refractivity contribution is 7.98. The summed E-state index contributed by atoms with van der Waals surface area (Å²) in [7, 11) is 0. The topological polar surface area (TPSA) is 68.0 Å². The second-order valence-corrected chi connectivity index (χ2v) is 7.01. The number of benzene rings is 2. The molecule has 5 nitrogen and oxygen atoms in total. The Kier molecular flexibility index (Phi) is 5.09. The van der Waals surface area contributed by atoms with E-state index < -0.39 is 0 Å². The largest absolute Gasteiger partial charge is 0.451 e. The highest BCUT2D eigenvalue weighted by Crippen LogP contribution is 2.32. The van der Waals surface area contributed by atoms with Crippen LogP contribution in [0.25, 0.3) is 11.0 Å². The molecule has 0 saturated heterocycles. The summed E-state index contributed by atoms with van der Waals surface area (Å²) in [5.41, 5.74) is 1.99. The quantitative estimate of drug-likeness (QED) is 0.361. The van der Waals surface area contributed by atoms with Crippen molar-refractivity contribution in [3.05, 3.63) is 83.3 Å². The third kappa shape index (κ3) is 3.82. The second kappa shape index (κ2) is 7.82. The zero-order valence-corrected chi connectivity index (χ0v) is 15.6. The molecule has 0 atom stereocenters. The molecule has 0 aliphatic heterocycles. The third-order valence-corrected chi connectivity index (χ3v) is 5.15. The monoisotopic (exact) mass is 395 g/mol. The predicted molar refractivity (Wildman–Crippen MR) is 107 cm³/mol. The van der Waals surface area contributed by atoms with Gasteiger partial charge in [0.05, 0.1) is 10.7 Å². The molecule has 2 heterocycles. The van der Waals surface area contributed by atoms with Crippen molar-refractivity contribution >= 4 is 45.9 Å². The third-order valence-electron chi connectivity index (χ3n) is 3.91. The summed E-state index contributed by atoms with van der Waals surface area (Å²) in [5, 5.41) is 4.82. The Morgan fingerprint density at radius 1 is 1.04 bits per heavy atom. The van der Waals surface area contributed by atoms with Gasteiger partial charge in [0, 0.05) is 29.1 Å². The molecule has 0 bridgehead atoms. The summed E-state index contributed by atoms with van der Waals surface area (Å²) in [6, 6.07) is 16.4. The number of furan rings is 1. The number of nitrogens with one attached hydrogen (secondary N) is 1. The van der Waals surface area contributed by atoms with E-state index in [0.29, 0.717) is 27.2 Å². The van der Waals surface area contributed by atoms with Crippen molar-refractivity contribution in [2.75, 3.05) is 5.32 Å². The molecule has 1 N–H and O–H groups in total. The van der Waals surface area contributed by atoms with Gasteiger partial charge in [0.2, 0.25) is 0 Å². The molecule has 0 aliphatic rings. The van der Waals surface area contributed by atoms with Gasteiger partial charge >= 0.3 is 0 Å². The highest BCUT2D eigenvalue weighted by atomic mass is 35.5. The summed E-state index contributed by atoms with van der Waals surface area (Å²) in [6.07, 6.45) is 3.38. The first kappa shape index (κ1) is 17.6. The number of thioether (sulfide) groups is 1. The summed E-state index contributed by atoms with van der Waals surface area (Å²) in [6.45, 7) is 0. The molecular formula is C20H14ClN3O2S. The fourth-order valence-electron chi connectivity index (χ4n) is 2.66. The van der Waals surface area contributed by atoms with Crippen molar-refractivity contribution in [1.29, 1.82) is 0 Å². The number of amides is 1. The molecule has 0 saturated carbocycles. The number of hydrogen-bond donors (Lipinski definition) is 1. The Labute approximate surface area is 164 Å². The van der Waals surface area contributed by atoms with E-state index in [4.69, 9.17) is 16.0 Å². The normalized spacial score (nSPS) is 10.9. The van der Waals surface area contributed by atoms with Crippen molar-refractivity contribution in [2.45, 2.75) is 10.9 Å². The van der Waals surface area contributed by atoms with Crippen LogP contribution in [0.3, 0.4) is 0 Å². The van der Waals surface area contributed by atoms with Crippen LogP contribution in [0.15, 0.2) is 76.6 Å². The molecular weight excluding hydrogens is 382 g/mol. The van der Waals surface area contributed by atoms with Gasteiger partial charge in [0.25, 0.3) is 5.91 Å². The lowest BCUT2D eigenvalue weighted by Gasteiger charge is -2.07. The SMILES string of the molecule is O=C(Nc1ccccc1Cl)c1oc2ccccc2c1CSc1ncccn1. The number of fused-ring (bicyclic) bond motifs is 1. The Bertz CT molecular complexity index is 1100. The van der Waals surface area contributed by atoms with E-state index in [1.165, 1.54) is 11.8 Å². The fourth-order valence-corrected chi connectivity index (χ4v) is 3.68. The summed E-state index contributed by atoms with van der Waals surface area (Å²) < 4.78 is 5.85. The summed E-state index contributed by atoms with van der Waals surface area (Å²) in [4.78, 5) is 21.3. The summed E-state index contributed by atoms with van der Waals surface area (Å²) in [5.74, 6) is 0.426. The standard InChI is InChI=1S/C20H14ClN3O2S/c21-15-7-2-3-8-16(15)24-19(25)18-14(12-27-20-22-10-5-11-23-20)13-6-1-4-9-17(13)26-18/h1-11H,12H2,(H,24,25). The smallest absolute Gasteiger partial charge is 0.291 e. The molecule has 134 valence electrons. The number of carbonyl (C=O) groups excluding carboxylic acids is 1. The minimum absolute atomic E-state index is 0.263. The Morgan fingerprint density at radius 3 is 2.59 bits per heavy atom. The second-order valence-electron chi connectivity index (χ2n) is 5.66. The lowest BCUT2D eigenvalue weighted by molar-refractivity contribution is 0.0998. The minimum Gasteiger partial charge on any atom is -0.451 e. The lowest BCUT2D eigenvalue weighted by Crippen LogP contribution is -2.13. The maximum Gasteiger partial charge on any atom is 0.291 e. The maximum atomic E-state index is 12.9. The van der Waals surface area contributed by atoms with Gasteiger partial charge in [0.15, 0.2) is 10.9 Å². The molecule has 2 aromatic heterocycles. The molecule has 4 rings (SSSR count). The van der Waals surface area contributed by atoms with Crippen LogP contribution in [0.1, 0.15) is 16.1 Å². The van der Waals surface area contributed by atoms with Gasteiger partial charge in [-0.1, -0.05) is 53.7 Å². The molecule has 27 heavy (non-hydrogen) atoms. The maximum absolute atomic E-state index is 12.9. The van der Waals surface area contributed by atoms with Gasteiger partial charge in [-0.05, 0) is 24.3 Å². The Hall–Kier alpha value is -2.83. The number of halogens is 1. The molecule has 1 amide bonds. The fraction of sp³-hybridized carbons (Fsp3) is 0.0500. The molecule has 0 aliphatic carbocycles. The van der Waals surface area contributed by atoms with E-state index >= 15 is 0 Å². The van der Waals surface area contributed by atoms with E-state index in [1.807, 2.05) is 30.3 Å². The van der Waals surface area contributed by atoms with Crippen molar-refractivity contribution in [1.82, 2.24) is 9.97 Å². The van der Waals surface area contributed by atoms with Gasteiger partial charge < -0.3 is 9.73 Å². The molecule has 0 unspecified atom stereocenters. The van der Waals surface area contributed by atoms with E-state index in [1.54, 1.807) is 36.7 Å². The Morgan fingerprint density at radius 2 is 1.78 bits per heavy atom. The van der Waals surface area contributed by atoms with Crippen LogP contribution in [0.5, 0.6) is 0 Å². The van der Waals surface area contributed by atoms with Gasteiger partial charge in [-0.15, -0.1) is 0 Å². The summed E-state index contributed by atoms with van der Waals surface area (Å²) >= 11 is 7.60. The first-order valence-corrected chi connectivity index (χ1v) is 9.55. The average molecular weight is 396 g/mol. The van der Waals surface area contributed by atoms with Gasteiger partial charge in [-0.25, -0.2) is 9.97 Å². The van der Waals surface area contributed by atoms with E-state index in [-0.39, 0.29) is 11.7 Å². The molecule has 2 aromatic carbocycles. The number of aromatic nitrogens is 2. The predicted octanol–water partition coefficient (Wildman–Crippen LogP) is 5.42. The van der Waals surface area contributed by atoms with Crippen LogP contribution in [-0.2, 0) is 5.75 Å². The van der Waals surface area contributed by atoms with Gasteiger partial charge in [-0.2, -0.15) is 0 Å². The number of anilines is 1. The first-order valence-electron chi connectivity index (χ1n) is 8.18. The van der Waals surface area contributed by atoms with Crippen LogP contribution >= 0.6 is 23.4 Å². The van der Waals surface area contributed by atoms with E-state index in [0.717, 1.165) is 10.9 Å². The molecule has 7 heteroatoms. The van der Waals surface area contributed by atoms with Crippen LogP contribution in [0.4, 0.5) is 5.69 Å². The number of hydrogen-bond acceptors (Lipinski definition) is 5. The zero-order valence-electron chi connectivity index (χ0n) is 14.1. The van der Waals surface area contributed by atoms with E-state index in [9.17, 15) is 4.79 Å². The zero-order chi connectivity index (χ0) is 18.6. The van der Waals surface area contributed by atoms with Crippen molar-refractivity contribution in [3.63, 3.8) is 0 Å². The Balaban J connectivity index is 1.67. The minimum atomic E-state index is -0.344. The average Bonchev–Trinajstić information content (AvgIpc) is 3.08. The van der Waals surface area contributed by atoms with Crippen LogP contribution in [-0.4, -0.2) is 15.9 Å². The highest BCUT2D eigenvalue weighted by Gasteiger charge is 2.21. The van der Waals surface area contributed by atoms with Crippen LogP contribution in [0.2, 0.25) is 5.02 Å². The molecule has 4 aromatic rings. The van der Waals surface area contributed by atoms with Crippen molar-refractivity contribution < 1.29 is 9.21 Å². The number of carbonyl (C=O) groups is 1. The van der Waals surface area contributed by atoms with Gasteiger partial charge in [0.1, 0.15) is 5.58 Å². The van der Waals surface area contributed by atoms with Crippen LogP contribution in [0, 0.1) is 0 Å². The van der Waals surface area contributed by atoms with Gasteiger partial charge in [-0.3, -0.25) is 4.79 Å².